The van der Waals surface area contributed by atoms with Crippen molar-refractivity contribution in [3.05, 3.63) is 35.6 Å². The summed E-state index contributed by atoms with van der Waals surface area (Å²) in [5.41, 5.74) is 1.26. The first-order valence-electron chi connectivity index (χ1n) is 8.40. The smallest absolute Gasteiger partial charge is 0.223 e. The van der Waals surface area contributed by atoms with E-state index >= 15 is 0 Å². The molecule has 22 heavy (non-hydrogen) atoms. The van der Waals surface area contributed by atoms with Crippen molar-refractivity contribution < 1.29 is 9.18 Å². The van der Waals surface area contributed by atoms with Crippen LogP contribution in [0.3, 0.4) is 0 Å². The Morgan fingerprint density at radius 1 is 1.14 bits per heavy atom. The van der Waals surface area contributed by atoms with E-state index in [2.05, 4.69) is 16.7 Å². The number of hydrogen-bond donors (Lipinski definition) is 0. The second kappa shape index (κ2) is 6.37. The molecule has 1 amide bonds. The van der Waals surface area contributed by atoms with Gasteiger partial charge in [0, 0.05) is 31.6 Å². The molecule has 3 rings (SSSR count). The van der Waals surface area contributed by atoms with E-state index in [9.17, 15) is 9.18 Å². The minimum absolute atomic E-state index is 0.101. The van der Waals surface area contributed by atoms with E-state index < -0.39 is 0 Å². The Hall–Kier alpha value is -1.42. The highest BCUT2D eigenvalue weighted by atomic mass is 19.1. The zero-order valence-corrected chi connectivity index (χ0v) is 13.4. The molecule has 2 saturated heterocycles. The van der Waals surface area contributed by atoms with Gasteiger partial charge in [-0.25, -0.2) is 4.39 Å². The van der Waals surface area contributed by atoms with Crippen LogP contribution in [0.1, 0.15) is 44.6 Å². The van der Waals surface area contributed by atoms with Gasteiger partial charge in [-0.15, -0.1) is 0 Å². The average molecular weight is 304 g/mol. The minimum Gasteiger partial charge on any atom is -0.337 e. The van der Waals surface area contributed by atoms with Crippen molar-refractivity contribution in [3.8, 4) is 0 Å². The number of carbonyl (C=O) groups excluding carboxylic acids is 1. The monoisotopic (exact) mass is 304 g/mol. The summed E-state index contributed by atoms with van der Waals surface area (Å²) in [5, 5.41) is 0. The lowest BCUT2D eigenvalue weighted by molar-refractivity contribution is -0.131. The molecule has 0 saturated carbocycles. The van der Waals surface area contributed by atoms with Crippen LogP contribution in [0, 0.1) is 5.82 Å². The average Bonchev–Trinajstić information content (AvgIpc) is 2.69. The molecule has 1 spiro atoms. The lowest BCUT2D eigenvalue weighted by Gasteiger charge is -2.37. The van der Waals surface area contributed by atoms with Gasteiger partial charge < -0.3 is 4.90 Å². The number of carbonyl (C=O) groups is 1. The number of amides is 1. The lowest BCUT2D eigenvalue weighted by Crippen LogP contribution is -2.46. The highest BCUT2D eigenvalue weighted by Gasteiger charge is 2.44. The van der Waals surface area contributed by atoms with Crippen LogP contribution in [0.5, 0.6) is 0 Å². The van der Waals surface area contributed by atoms with Gasteiger partial charge in [0.1, 0.15) is 5.82 Å². The summed E-state index contributed by atoms with van der Waals surface area (Å²) >= 11 is 0. The fourth-order valence-electron chi connectivity index (χ4n) is 4.15. The van der Waals surface area contributed by atoms with Gasteiger partial charge in [-0.05, 0) is 56.8 Å². The number of benzene rings is 1. The van der Waals surface area contributed by atoms with Crippen molar-refractivity contribution in [1.29, 1.82) is 0 Å². The maximum absolute atomic E-state index is 13.0. The fraction of sp³-hybridized carbons (Fsp3) is 0.611. The van der Waals surface area contributed by atoms with E-state index in [0.29, 0.717) is 12.3 Å². The van der Waals surface area contributed by atoms with E-state index in [1.807, 2.05) is 12.1 Å². The lowest BCUT2D eigenvalue weighted by atomic mass is 9.88. The second-order valence-corrected chi connectivity index (χ2v) is 6.62. The SMILES string of the molecule is CCN1C(=O)CC[C@]12CCCN(Cc1ccc(F)cc1)CC2. The first-order valence-corrected chi connectivity index (χ1v) is 8.40. The minimum atomic E-state index is -0.179. The fourth-order valence-corrected chi connectivity index (χ4v) is 4.15. The van der Waals surface area contributed by atoms with Gasteiger partial charge >= 0.3 is 0 Å². The van der Waals surface area contributed by atoms with Crippen molar-refractivity contribution in [1.82, 2.24) is 9.80 Å². The molecule has 0 N–H and O–H groups in total. The summed E-state index contributed by atoms with van der Waals surface area (Å²) in [6.07, 6.45) is 5.04. The first kappa shape index (κ1) is 15.5. The van der Waals surface area contributed by atoms with Crippen LogP contribution in [0.2, 0.25) is 0 Å². The van der Waals surface area contributed by atoms with Crippen molar-refractivity contribution >= 4 is 5.91 Å². The Kier molecular flexibility index (Phi) is 4.48. The molecule has 1 aromatic rings. The summed E-state index contributed by atoms with van der Waals surface area (Å²) in [6, 6.07) is 6.80. The quantitative estimate of drug-likeness (QED) is 0.856. The molecule has 2 heterocycles. The number of hydrogen-bond acceptors (Lipinski definition) is 2. The Morgan fingerprint density at radius 3 is 2.64 bits per heavy atom. The van der Waals surface area contributed by atoms with E-state index in [4.69, 9.17) is 0 Å². The number of rotatable bonds is 3. The highest BCUT2D eigenvalue weighted by Crippen LogP contribution is 2.39. The van der Waals surface area contributed by atoms with E-state index in [-0.39, 0.29) is 11.4 Å². The Labute approximate surface area is 132 Å². The molecule has 2 aliphatic heterocycles. The first-order chi connectivity index (χ1) is 10.6. The van der Waals surface area contributed by atoms with Crippen LogP contribution < -0.4 is 0 Å². The molecule has 0 bridgehead atoms. The maximum atomic E-state index is 13.0. The highest BCUT2D eigenvalue weighted by molar-refractivity contribution is 5.79. The van der Waals surface area contributed by atoms with Crippen molar-refractivity contribution in [2.75, 3.05) is 19.6 Å². The molecule has 3 nitrogen and oxygen atoms in total. The number of halogens is 1. The van der Waals surface area contributed by atoms with Gasteiger partial charge in [-0.2, -0.15) is 0 Å². The van der Waals surface area contributed by atoms with E-state index in [1.165, 1.54) is 12.1 Å². The van der Waals surface area contributed by atoms with Crippen LogP contribution in [-0.2, 0) is 11.3 Å². The molecule has 120 valence electrons. The summed E-state index contributed by atoms with van der Waals surface area (Å²) in [7, 11) is 0. The Balaban J connectivity index is 1.65. The molecule has 4 heteroatoms. The zero-order chi connectivity index (χ0) is 15.6. The molecule has 0 radical (unpaired) electrons. The van der Waals surface area contributed by atoms with Gasteiger partial charge in [0.25, 0.3) is 0 Å². The normalized spacial score (nSPS) is 26.6. The Morgan fingerprint density at radius 2 is 1.91 bits per heavy atom. The van der Waals surface area contributed by atoms with Crippen molar-refractivity contribution in [2.45, 2.75) is 51.1 Å². The third-order valence-electron chi connectivity index (χ3n) is 5.32. The molecule has 1 aromatic carbocycles. The number of nitrogens with zero attached hydrogens (tertiary/aromatic N) is 2. The summed E-state index contributed by atoms with van der Waals surface area (Å²) in [5.74, 6) is 0.149. The third-order valence-corrected chi connectivity index (χ3v) is 5.32. The molecule has 1 atom stereocenters. The Bertz CT molecular complexity index is 530. The molecule has 0 unspecified atom stereocenters. The van der Waals surface area contributed by atoms with Crippen molar-refractivity contribution in [2.24, 2.45) is 0 Å². The molecular formula is C18H25FN2O. The van der Waals surface area contributed by atoms with Crippen LogP contribution >= 0.6 is 0 Å². The maximum Gasteiger partial charge on any atom is 0.223 e. The third kappa shape index (κ3) is 3.02. The molecule has 2 aliphatic rings. The molecule has 0 aliphatic carbocycles. The summed E-state index contributed by atoms with van der Waals surface area (Å²) in [4.78, 5) is 16.6. The summed E-state index contributed by atoms with van der Waals surface area (Å²) in [6.45, 7) is 5.87. The van der Waals surface area contributed by atoms with Crippen LogP contribution in [-0.4, -0.2) is 40.9 Å². The van der Waals surface area contributed by atoms with Gasteiger partial charge in [0.05, 0.1) is 0 Å². The second-order valence-electron chi connectivity index (χ2n) is 6.62. The molecular weight excluding hydrogens is 279 g/mol. The van der Waals surface area contributed by atoms with Gasteiger partial charge in [-0.3, -0.25) is 9.69 Å². The van der Waals surface area contributed by atoms with E-state index in [1.54, 1.807) is 0 Å². The van der Waals surface area contributed by atoms with E-state index in [0.717, 1.165) is 57.4 Å². The summed E-state index contributed by atoms with van der Waals surface area (Å²) < 4.78 is 13.0. The standard InChI is InChI=1S/C18H25FN2O/c1-2-21-17(22)8-10-18(21)9-3-12-20(13-11-18)14-15-4-6-16(19)7-5-15/h4-7H,2-3,8-14H2,1H3/t18-/m0/s1. The molecule has 2 fully saturated rings. The molecule has 0 aromatic heterocycles. The van der Waals surface area contributed by atoms with Crippen LogP contribution in [0.25, 0.3) is 0 Å². The van der Waals surface area contributed by atoms with Crippen molar-refractivity contribution in [3.63, 3.8) is 0 Å². The largest absolute Gasteiger partial charge is 0.337 e. The number of likely N-dealkylation sites (tertiary alicyclic amines) is 2. The van der Waals surface area contributed by atoms with Gasteiger partial charge in [0.2, 0.25) is 5.91 Å². The van der Waals surface area contributed by atoms with Crippen LogP contribution in [0.15, 0.2) is 24.3 Å². The topological polar surface area (TPSA) is 23.6 Å². The van der Waals surface area contributed by atoms with Gasteiger partial charge in [-0.1, -0.05) is 12.1 Å². The van der Waals surface area contributed by atoms with Gasteiger partial charge in [0.15, 0.2) is 0 Å². The predicted molar refractivity (Wildman–Crippen MR) is 84.9 cm³/mol. The predicted octanol–water partition coefficient (Wildman–Crippen LogP) is 3.19. The van der Waals surface area contributed by atoms with Crippen LogP contribution in [0.4, 0.5) is 4.39 Å². The zero-order valence-electron chi connectivity index (χ0n) is 13.4.